The molecule has 2 saturated heterocycles. The number of hydrogen-bond acceptors (Lipinski definition) is 2. The van der Waals surface area contributed by atoms with Gasteiger partial charge in [0, 0.05) is 37.4 Å². The molecule has 0 aliphatic carbocycles. The van der Waals surface area contributed by atoms with Crippen LogP contribution in [0.15, 0.2) is 24.3 Å². The smallest absolute Gasteiger partial charge is 0.226 e. The van der Waals surface area contributed by atoms with Crippen LogP contribution in [0, 0.1) is 11.8 Å². The highest BCUT2D eigenvalue weighted by molar-refractivity contribution is 5.79. The van der Waals surface area contributed by atoms with Gasteiger partial charge < -0.3 is 14.5 Å². The van der Waals surface area contributed by atoms with Gasteiger partial charge in [-0.25, -0.2) is 0 Å². The van der Waals surface area contributed by atoms with Crippen molar-refractivity contribution in [3.8, 4) is 5.75 Å². The standard InChI is InChI=1S/C20H30N2O2/c1-16-6-12-22(13-7-16)20(23)18-8-10-21(11-9-18)15-17-4-3-5-19(14-17)24-2/h3-5,14,16,18H,6-13,15H2,1-2H3/p+1. The van der Waals surface area contributed by atoms with E-state index in [2.05, 4.69) is 30.0 Å². The number of carbonyl (C=O) groups is 1. The Morgan fingerprint density at radius 3 is 2.58 bits per heavy atom. The van der Waals surface area contributed by atoms with Crippen LogP contribution in [0.4, 0.5) is 0 Å². The molecule has 3 rings (SSSR count). The van der Waals surface area contributed by atoms with Crippen molar-refractivity contribution in [2.75, 3.05) is 33.3 Å². The third-order valence-electron chi connectivity index (χ3n) is 5.73. The van der Waals surface area contributed by atoms with E-state index in [-0.39, 0.29) is 5.92 Å². The van der Waals surface area contributed by atoms with Gasteiger partial charge in [-0.1, -0.05) is 19.1 Å². The Morgan fingerprint density at radius 2 is 1.92 bits per heavy atom. The van der Waals surface area contributed by atoms with Gasteiger partial charge in [0.05, 0.1) is 20.2 Å². The summed E-state index contributed by atoms with van der Waals surface area (Å²) in [7, 11) is 1.71. The summed E-state index contributed by atoms with van der Waals surface area (Å²) in [5.41, 5.74) is 1.32. The molecular weight excluding hydrogens is 300 g/mol. The Balaban J connectivity index is 1.47. The Bertz CT molecular complexity index is 544. The SMILES string of the molecule is COc1cccc(C[NH+]2CCC(C(=O)N3CCC(C)CC3)CC2)c1. The Labute approximate surface area is 145 Å². The van der Waals surface area contributed by atoms with E-state index in [1.54, 1.807) is 12.0 Å². The lowest BCUT2D eigenvalue weighted by Crippen LogP contribution is -3.11. The number of carbonyl (C=O) groups excluding carboxylic acids is 1. The summed E-state index contributed by atoms with van der Waals surface area (Å²) in [5.74, 6) is 2.38. The zero-order chi connectivity index (χ0) is 16.9. The molecule has 2 aliphatic heterocycles. The molecule has 2 fully saturated rings. The molecule has 0 saturated carbocycles. The van der Waals surface area contributed by atoms with Crippen molar-refractivity contribution in [2.24, 2.45) is 11.8 Å². The van der Waals surface area contributed by atoms with Gasteiger partial charge in [0.1, 0.15) is 12.3 Å². The first-order valence-corrected chi connectivity index (χ1v) is 9.41. The minimum absolute atomic E-state index is 0.257. The quantitative estimate of drug-likeness (QED) is 0.912. The molecule has 0 radical (unpaired) electrons. The van der Waals surface area contributed by atoms with Crippen molar-refractivity contribution in [1.82, 2.24) is 4.90 Å². The number of nitrogens with zero attached hydrogens (tertiary/aromatic N) is 1. The van der Waals surface area contributed by atoms with Gasteiger partial charge in [-0.15, -0.1) is 0 Å². The monoisotopic (exact) mass is 331 g/mol. The zero-order valence-corrected chi connectivity index (χ0v) is 15.1. The number of likely N-dealkylation sites (tertiary alicyclic amines) is 2. The van der Waals surface area contributed by atoms with Crippen LogP contribution in [-0.4, -0.2) is 44.1 Å². The van der Waals surface area contributed by atoms with Gasteiger partial charge in [0.2, 0.25) is 5.91 Å². The predicted octanol–water partition coefficient (Wildman–Crippen LogP) is 1.75. The molecule has 2 heterocycles. The number of methoxy groups -OCH3 is 1. The van der Waals surface area contributed by atoms with Crippen LogP contribution in [0.2, 0.25) is 0 Å². The number of rotatable bonds is 4. The first kappa shape index (κ1) is 17.3. The lowest BCUT2D eigenvalue weighted by atomic mass is 9.92. The second-order valence-electron chi connectivity index (χ2n) is 7.56. The number of nitrogens with one attached hydrogen (secondary N) is 1. The lowest BCUT2D eigenvalue weighted by molar-refractivity contribution is -0.919. The number of amides is 1. The molecular formula is C20H31N2O2+. The fourth-order valence-corrected chi connectivity index (χ4v) is 4.01. The van der Waals surface area contributed by atoms with E-state index >= 15 is 0 Å². The van der Waals surface area contributed by atoms with Crippen molar-refractivity contribution >= 4 is 5.91 Å². The summed E-state index contributed by atoms with van der Waals surface area (Å²) >= 11 is 0. The summed E-state index contributed by atoms with van der Waals surface area (Å²) in [5, 5.41) is 0. The number of quaternary nitrogens is 1. The van der Waals surface area contributed by atoms with Crippen LogP contribution < -0.4 is 9.64 Å². The van der Waals surface area contributed by atoms with Gasteiger partial charge in [-0.05, 0) is 30.9 Å². The summed E-state index contributed by atoms with van der Waals surface area (Å²) in [6.45, 7) is 7.45. The van der Waals surface area contributed by atoms with E-state index in [1.165, 1.54) is 18.4 Å². The topological polar surface area (TPSA) is 34.0 Å². The highest BCUT2D eigenvalue weighted by atomic mass is 16.5. The third kappa shape index (κ3) is 4.29. The minimum atomic E-state index is 0.257. The average molecular weight is 331 g/mol. The number of piperidine rings is 2. The maximum atomic E-state index is 12.7. The van der Waals surface area contributed by atoms with Crippen LogP contribution >= 0.6 is 0 Å². The molecule has 1 N–H and O–H groups in total. The fourth-order valence-electron chi connectivity index (χ4n) is 4.01. The highest BCUT2D eigenvalue weighted by Gasteiger charge is 2.31. The highest BCUT2D eigenvalue weighted by Crippen LogP contribution is 2.21. The van der Waals surface area contributed by atoms with Crippen molar-refractivity contribution in [3.05, 3.63) is 29.8 Å². The van der Waals surface area contributed by atoms with Crippen LogP contribution in [0.3, 0.4) is 0 Å². The largest absolute Gasteiger partial charge is 0.497 e. The van der Waals surface area contributed by atoms with E-state index < -0.39 is 0 Å². The molecule has 1 aromatic rings. The summed E-state index contributed by atoms with van der Waals surface area (Å²) in [4.78, 5) is 16.4. The van der Waals surface area contributed by atoms with Crippen molar-refractivity contribution in [3.63, 3.8) is 0 Å². The summed E-state index contributed by atoms with van der Waals surface area (Å²) in [6.07, 6.45) is 4.41. The van der Waals surface area contributed by atoms with E-state index in [0.29, 0.717) is 5.91 Å². The van der Waals surface area contributed by atoms with Gasteiger partial charge in [0.25, 0.3) is 0 Å². The number of hydrogen-bond donors (Lipinski definition) is 1. The molecule has 2 aliphatic rings. The Kier molecular flexibility index (Phi) is 5.77. The predicted molar refractivity (Wildman–Crippen MR) is 95.1 cm³/mol. The molecule has 132 valence electrons. The van der Waals surface area contributed by atoms with Crippen LogP contribution in [0.1, 0.15) is 38.2 Å². The van der Waals surface area contributed by atoms with Crippen LogP contribution in [0.5, 0.6) is 5.75 Å². The lowest BCUT2D eigenvalue weighted by Gasteiger charge is -2.35. The second-order valence-corrected chi connectivity index (χ2v) is 7.56. The first-order valence-electron chi connectivity index (χ1n) is 9.41. The normalized spacial score (nSPS) is 25.5. The fraction of sp³-hybridized carbons (Fsp3) is 0.650. The van der Waals surface area contributed by atoms with Crippen molar-refractivity contribution < 1.29 is 14.4 Å². The molecule has 0 atom stereocenters. The van der Waals surface area contributed by atoms with E-state index in [1.807, 2.05) is 6.07 Å². The van der Waals surface area contributed by atoms with Gasteiger partial charge >= 0.3 is 0 Å². The van der Waals surface area contributed by atoms with Crippen LogP contribution in [-0.2, 0) is 11.3 Å². The van der Waals surface area contributed by atoms with E-state index in [4.69, 9.17) is 4.74 Å². The number of ether oxygens (including phenoxy) is 1. The van der Waals surface area contributed by atoms with Crippen molar-refractivity contribution in [2.45, 2.75) is 39.2 Å². The molecule has 4 heteroatoms. The third-order valence-corrected chi connectivity index (χ3v) is 5.73. The second kappa shape index (κ2) is 8.02. The molecule has 4 nitrogen and oxygen atoms in total. The van der Waals surface area contributed by atoms with Crippen LogP contribution in [0.25, 0.3) is 0 Å². The molecule has 1 amide bonds. The molecule has 0 aromatic heterocycles. The summed E-state index contributed by atoms with van der Waals surface area (Å²) in [6, 6.07) is 8.34. The van der Waals surface area contributed by atoms with Gasteiger partial charge in [-0.2, -0.15) is 0 Å². The van der Waals surface area contributed by atoms with Gasteiger partial charge in [0.15, 0.2) is 0 Å². The van der Waals surface area contributed by atoms with E-state index in [9.17, 15) is 4.79 Å². The molecule has 0 unspecified atom stereocenters. The summed E-state index contributed by atoms with van der Waals surface area (Å²) < 4.78 is 5.31. The molecule has 0 spiro atoms. The number of benzene rings is 1. The molecule has 1 aromatic carbocycles. The Morgan fingerprint density at radius 1 is 1.21 bits per heavy atom. The minimum Gasteiger partial charge on any atom is -0.497 e. The maximum Gasteiger partial charge on any atom is 0.226 e. The molecule has 24 heavy (non-hydrogen) atoms. The van der Waals surface area contributed by atoms with Crippen molar-refractivity contribution in [1.29, 1.82) is 0 Å². The zero-order valence-electron chi connectivity index (χ0n) is 15.1. The average Bonchev–Trinajstić information content (AvgIpc) is 2.62. The van der Waals surface area contributed by atoms with Gasteiger partial charge in [-0.3, -0.25) is 4.79 Å². The maximum absolute atomic E-state index is 12.7. The van der Waals surface area contributed by atoms with E-state index in [0.717, 1.165) is 57.2 Å². The Hall–Kier alpha value is -1.55. The molecule has 0 bridgehead atoms. The first-order chi connectivity index (χ1) is 11.7.